The number of nitrogens with one attached hydrogen (secondary N) is 1. The highest BCUT2D eigenvalue weighted by molar-refractivity contribution is 7.92. The lowest BCUT2D eigenvalue weighted by Gasteiger charge is -2.32. The fourth-order valence-corrected chi connectivity index (χ4v) is 4.01. The second kappa shape index (κ2) is 11.1. The first-order valence-electron chi connectivity index (χ1n) is 10.4. The number of nitrogens with zero attached hydrogens (tertiary/aromatic N) is 2. The van der Waals surface area contributed by atoms with E-state index >= 15 is 0 Å². The molecule has 0 aromatic heterocycles. The molecule has 0 fully saturated rings. The number of hydrogen-bond acceptors (Lipinski definition) is 5. The summed E-state index contributed by atoms with van der Waals surface area (Å²) in [6, 6.07) is 11.2. The van der Waals surface area contributed by atoms with E-state index in [4.69, 9.17) is 4.74 Å². The van der Waals surface area contributed by atoms with Gasteiger partial charge in [-0.15, -0.1) is 0 Å². The van der Waals surface area contributed by atoms with Crippen LogP contribution in [0, 0.1) is 5.82 Å². The molecule has 0 bridgehead atoms. The van der Waals surface area contributed by atoms with Crippen LogP contribution in [0.2, 0.25) is 0 Å². The molecule has 1 N–H and O–H groups in total. The number of benzene rings is 2. The van der Waals surface area contributed by atoms with Gasteiger partial charge in [0, 0.05) is 12.6 Å². The minimum Gasteiger partial charge on any atom is -0.497 e. The Bertz CT molecular complexity index is 1070. The van der Waals surface area contributed by atoms with Gasteiger partial charge in [-0.05, 0) is 50.6 Å². The molecule has 0 saturated carbocycles. The lowest BCUT2D eigenvalue weighted by Crippen LogP contribution is -2.52. The van der Waals surface area contributed by atoms with Gasteiger partial charge in [0.05, 0.1) is 19.1 Å². The lowest BCUT2D eigenvalue weighted by molar-refractivity contribution is -0.139. The van der Waals surface area contributed by atoms with Crippen molar-refractivity contribution in [1.29, 1.82) is 0 Å². The standard InChI is InChI=1S/C23H30FN3O5S/c1-16(2)25-23(29)17(3)26(14-18-10-12-19(32-4)13-11-18)22(28)15-27(33(5,30)31)21-9-7-6-8-20(21)24/h6-13,16-17H,14-15H2,1-5H3,(H,25,29). The van der Waals surface area contributed by atoms with Gasteiger partial charge in [-0.1, -0.05) is 24.3 Å². The number of amides is 2. The molecule has 10 heteroatoms. The van der Waals surface area contributed by atoms with E-state index in [9.17, 15) is 22.4 Å². The Morgan fingerprint density at radius 3 is 2.18 bits per heavy atom. The SMILES string of the molecule is COc1ccc(CN(C(=O)CN(c2ccccc2F)S(C)(=O)=O)C(C)C(=O)NC(C)C)cc1. The highest BCUT2D eigenvalue weighted by Crippen LogP contribution is 2.22. The molecule has 0 aliphatic heterocycles. The third-order valence-electron chi connectivity index (χ3n) is 4.91. The van der Waals surface area contributed by atoms with Gasteiger partial charge in [0.25, 0.3) is 0 Å². The minimum atomic E-state index is -3.99. The number of halogens is 1. The molecule has 0 aliphatic rings. The molecule has 180 valence electrons. The summed E-state index contributed by atoms with van der Waals surface area (Å²) in [4.78, 5) is 27.3. The van der Waals surface area contributed by atoms with Crippen LogP contribution < -0.4 is 14.4 Å². The molecule has 1 atom stereocenters. The molecule has 2 rings (SSSR count). The summed E-state index contributed by atoms with van der Waals surface area (Å²) in [5.74, 6) is -1.18. The molecule has 0 heterocycles. The van der Waals surface area contributed by atoms with Crippen molar-refractivity contribution in [1.82, 2.24) is 10.2 Å². The van der Waals surface area contributed by atoms with Crippen molar-refractivity contribution in [3.8, 4) is 5.75 Å². The van der Waals surface area contributed by atoms with E-state index in [2.05, 4.69) is 5.32 Å². The van der Waals surface area contributed by atoms with Gasteiger partial charge in [-0.2, -0.15) is 0 Å². The van der Waals surface area contributed by atoms with Gasteiger partial charge in [0.2, 0.25) is 21.8 Å². The molecule has 0 aliphatic carbocycles. The van der Waals surface area contributed by atoms with Gasteiger partial charge >= 0.3 is 0 Å². The summed E-state index contributed by atoms with van der Waals surface area (Å²) in [5.41, 5.74) is 0.474. The predicted molar refractivity (Wildman–Crippen MR) is 125 cm³/mol. The minimum absolute atomic E-state index is 0.0460. The van der Waals surface area contributed by atoms with Crippen LogP contribution in [0.3, 0.4) is 0 Å². The normalized spacial score (nSPS) is 12.2. The van der Waals surface area contributed by atoms with Gasteiger partial charge in [-0.3, -0.25) is 13.9 Å². The van der Waals surface area contributed by atoms with Crippen molar-refractivity contribution in [2.75, 3.05) is 24.2 Å². The summed E-state index contributed by atoms with van der Waals surface area (Å²) < 4.78 is 45.0. The molecular weight excluding hydrogens is 449 g/mol. The van der Waals surface area contributed by atoms with E-state index in [-0.39, 0.29) is 24.2 Å². The van der Waals surface area contributed by atoms with E-state index in [0.717, 1.165) is 12.3 Å². The van der Waals surface area contributed by atoms with Crippen molar-refractivity contribution >= 4 is 27.5 Å². The second-order valence-corrected chi connectivity index (χ2v) is 9.84. The fourth-order valence-electron chi connectivity index (χ4n) is 3.16. The summed E-state index contributed by atoms with van der Waals surface area (Å²) in [7, 11) is -2.45. The molecule has 0 saturated heterocycles. The maximum atomic E-state index is 14.4. The molecule has 2 aromatic carbocycles. The van der Waals surface area contributed by atoms with Crippen molar-refractivity contribution in [3.63, 3.8) is 0 Å². The van der Waals surface area contributed by atoms with E-state index in [0.29, 0.717) is 15.6 Å². The molecule has 2 amide bonds. The van der Waals surface area contributed by atoms with Crippen molar-refractivity contribution in [2.24, 2.45) is 0 Å². The number of sulfonamides is 1. The Balaban J connectivity index is 2.39. The Kier molecular flexibility index (Phi) is 8.81. The zero-order chi connectivity index (χ0) is 24.8. The monoisotopic (exact) mass is 479 g/mol. The topological polar surface area (TPSA) is 96.0 Å². The smallest absolute Gasteiger partial charge is 0.244 e. The van der Waals surface area contributed by atoms with Crippen LogP contribution in [-0.4, -0.2) is 57.1 Å². The first-order chi connectivity index (χ1) is 15.4. The number of methoxy groups -OCH3 is 1. The first-order valence-corrected chi connectivity index (χ1v) is 12.2. The maximum absolute atomic E-state index is 14.4. The average molecular weight is 480 g/mol. The number of ether oxygens (including phenoxy) is 1. The third-order valence-corrected chi connectivity index (χ3v) is 6.04. The number of para-hydroxylation sites is 1. The summed E-state index contributed by atoms with van der Waals surface area (Å²) in [6.45, 7) is 4.54. The number of carbonyl (C=O) groups is 2. The highest BCUT2D eigenvalue weighted by atomic mass is 32.2. The third kappa shape index (κ3) is 7.18. The van der Waals surface area contributed by atoms with Crippen LogP contribution in [0.1, 0.15) is 26.3 Å². The Hall–Kier alpha value is -3.14. The molecule has 0 radical (unpaired) electrons. The number of hydrogen-bond donors (Lipinski definition) is 1. The number of rotatable bonds is 10. The molecule has 0 spiro atoms. The molecule has 1 unspecified atom stereocenters. The van der Waals surface area contributed by atoms with Crippen LogP contribution in [0.4, 0.5) is 10.1 Å². The predicted octanol–water partition coefficient (Wildman–Crippen LogP) is 2.54. The average Bonchev–Trinajstić information content (AvgIpc) is 2.75. The van der Waals surface area contributed by atoms with E-state index in [1.807, 2.05) is 0 Å². The summed E-state index contributed by atoms with van der Waals surface area (Å²) in [5, 5.41) is 2.76. The van der Waals surface area contributed by atoms with Gasteiger partial charge in [0.15, 0.2) is 0 Å². The van der Waals surface area contributed by atoms with Gasteiger partial charge < -0.3 is 15.0 Å². The van der Waals surface area contributed by atoms with E-state index in [1.54, 1.807) is 45.0 Å². The Labute approximate surface area is 194 Å². The molecule has 2 aromatic rings. The summed E-state index contributed by atoms with van der Waals surface area (Å²) >= 11 is 0. The largest absolute Gasteiger partial charge is 0.497 e. The molecule has 8 nitrogen and oxygen atoms in total. The lowest BCUT2D eigenvalue weighted by atomic mass is 10.1. The van der Waals surface area contributed by atoms with Crippen molar-refractivity contribution in [2.45, 2.75) is 39.4 Å². The zero-order valence-corrected chi connectivity index (χ0v) is 20.2. The molecular formula is C23H30FN3O5S. The zero-order valence-electron chi connectivity index (χ0n) is 19.4. The van der Waals surface area contributed by atoms with Crippen LogP contribution in [0.25, 0.3) is 0 Å². The van der Waals surface area contributed by atoms with Gasteiger partial charge in [0.1, 0.15) is 24.2 Å². The highest BCUT2D eigenvalue weighted by Gasteiger charge is 2.31. The fraction of sp³-hybridized carbons (Fsp3) is 0.391. The van der Waals surface area contributed by atoms with Crippen LogP contribution >= 0.6 is 0 Å². The van der Waals surface area contributed by atoms with Crippen LogP contribution in [-0.2, 0) is 26.2 Å². The van der Waals surface area contributed by atoms with Crippen LogP contribution in [0.5, 0.6) is 5.75 Å². The first kappa shape index (κ1) is 26.1. The van der Waals surface area contributed by atoms with Crippen molar-refractivity contribution in [3.05, 3.63) is 59.9 Å². The Morgan fingerprint density at radius 1 is 1.06 bits per heavy atom. The number of anilines is 1. The van der Waals surface area contributed by atoms with E-state index < -0.39 is 34.3 Å². The molecule has 33 heavy (non-hydrogen) atoms. The quantitative estimate of drug-likeness (QED) is 0.565. The second-order valence-electron chi connectivity index (χ2n) is 7.93. The maximum Gasteiger partial charge on any atom is 0.244 e. The van der Waals surface area contributed by atoms with Crippen LogP contribution in [0.15, 0.2) is 48.5 Å². The van der Waals surface area contributed by atoms with Gasteiger partial charge in [-0.25, -0.2) is 12.8 Å². The Morgan fingerprint density at radius 2 is 1.67 bits per heavy atom. The number of carbonyl (C=O) groups excluding carboxylic acids is 2. The van der Waals surface area contributed by atoms with Crippen molar-refractivity contribution < 1.29 is 27.1 Å². The summed E-state index contributed by atoms with van der Waals surface area (Å²) in [6.07, 6.45) is 0.898. The van der Waals surface area contributed by atoms with E-state index in [1.165, 1.54) is 30.2 Å².